The molecule has 1 aliphatic rings. The molecule has 0 aromatic heterocycles. The zero-order valence-electron chi connectivity index (χ0n) is 11.5. The van der Waals surface area contributed by atoms with E-state index in [0.29, 0.717) is 6.54 Å². The van der Waals surface area contributed by atoms with E-state index in [9.17, 15) is 8.42 Å². The highest BCUT2D eigenvalue weighted by Crippen LogP contribution is 2.33. The Labute approximate surface area is 125 Å². The highest BCUT2D eigenvalue weighted by molar-refractivity contribution is 7.89. The van der Waals surface area contributed by atoms with E-state index in [1.807, 2.05) is 12.1 Å². The van der Waals surface area contributed by atoms with Crippen molar-refractivity contribution in [1.82, 2.24) is 4.72 Å². The molecule has 1 heterocycles. The number of anilines is 1. The monoisotopic (exact) mass is 314 g/mol. The molecule has 0 bridgehead atoms. The Balaban J connectivity index is 2.08. The fraction of sp³-hybridized carbons (Fsp3) is 0.429. The second-order valence-electron chi connectivity index (χ2n) is 5.09. The van der Waals surface area contributed by atoms with Crippen molar-refractivity contribution in [3.8, 4) is 0 Å². The van der Waals surface area contributed by atoms with E-state index in [-0.39, 0.29) is 16.7 Å². The smallest absolute Gasteiger partial charge is 0.216 e. The number of hydrogen-bond donors (Lipinski definition) is 1. The third-order valence-electron chi connectivity index (χ3n) is 3.50. The van der Waals surface area contributed by atoms with Crippen LogP contribution in [0, 0.1) is 0 Å². The molecule has 0 fully saturated rings. The van der Waals surface area contributed by atoms with Gasteiger partial charge in [0.15, 0.2) is 0 Å². The summed E-state index contributed by atoms with van der Waals surface area (Å²) in [7, 11) is -1.34. The second-order valence-corrected chi connectivity index (χ2v) is 7.43. The Hall–Kier alpha value is -1.04. The summed E-state index contributed by atoms with van der Waals surface area (Å²) in [5.74, 6) is -0.0382. The van der Waals surface area contributed by atoms with Crippen LogP contribution < -0.4 is 9.62 Å². The van der Waals surface area contributed by atoms with E-state index in [4.69, 9.17) is 11.6 Å². The summed E-state index contributed by atoms with van der Waals surface area (Å²) in [6.45, 7) is 4.74. The first-order chi connectivity index (χ1) is 9.39. The quantitative estimate of drug-likeness (QED) is 0.907. The van der Waals surface area contributed by atoms with Gasteiger partial charge in [0.25, 0.3) is 0 Å². The Morgan fingerprint density at radius 3 is 2.90 bits per heavy atom. The molecule has 110 valence electrons. The molecule has 0 unspecified atom stereocenters. The Kier molecular flexibility index (Phi) is 4.73. The first kappa shape index (κ1) is 15.4. The number of nitrogens with zero attached hydrogens (tertiary/aromatic N) is 1. The molecule has 0 aliphatic carbocycles. The molecule has 6 heteroatoms. The van der Waals surface area contributed by atoms with Gasteiger partial charge in [-0.2, -0.15) is 0 Å². The fourth-order valence-electron chi connectivity index (χ4n) is 2.50. The molecule has 1 N–H and O–H groups in total. The lowest BCUT2D eigenvalue weighted by Gasteiger charge is -2.33. The normalized spacial score (nSPS) is 18.7. The Bertz CT molecular complexity index is 601. The van der Waals surface area contributed by atoms with Crippen LogP contribution in [0.4, 0.5) is 5.69 Å². The van der Waals surface area contributed by atoms with Crippen LogP contribution in [0.5, 0.6) is 0 Å². The lowest BCUT2D eigenvalue weighted by molar-refractivity contribution is 0.551. The average molecular weight is 315 g/mol. The number of fused-ring (bicyclic) bond motifs is 1. The summed E-state index contributed by atoms with van der Waals surface area (Å²) in [5.41, 5.74) is 2.36. The van der Waals surface area contributed by atoms with Crippen LogP contribution in [0.2, 0.25) is 0 Å². The topological polar surface area (TPSA) is 49.4 Å². The lowest BCUT2D eigenvalue weighted by atomic mass is 9.90. The third-order valence-corrected chi connectivity index (χ3v) is 5.12. The summed E-state index contributed by atoms with van der Waals surface area (Å²) >= 11 is 5.56. The molecule has 0 radical (unpaired) electrons. The van der Waals surface area contributed by atoms with E-state index >= 15 is 0 Å². The summed E-state index contributed by atoms with van der Waals surface area (Å²) in [4.78, 5) is 2.20. The summed E-state index contributed by atoms with van der Waals surface area (Å²) < 4.78 is 26.2. The van der Waals surface area contributed by atoms with Crippen molar-refractivity contribution in [1.29, 1.82) is 0 Å². The highest BCUT2D eigenvalue weighted by atomic mass is 35.5. The first-order valence-corrected chi connectivity index (χ1v) is 8.53. The zero-order valence-corrected chi connectivity index (χ0v) is 13.0. The Morgan fingerprint density at radius 1 is 1.50 bits per heavy atom. The van der Waals surface area contributed by atoms with E-state index < -0.39 is 10.0 Å². The number of nitrogens with one attached hydrogen (secondary N) is 1. The number of hydrogen-bond acceptors (Lipinski definition) is 3. The molecular weight excluding hydrogens is 296 g/mol. The van der Waals surface area contributed by atoms with Crippen LogP contribution in [0.25, 0.3) is 0 Å². The van der Waals surface area contributed by atoms with Crippen LogP contribution in [-0.2, 0) is 10.0 Å². The summed E-state index contributed by atoms with van der Waals surface area (Å²) in [6.07, 6.45) is 0.928. The summed E-state index contributed by atoms with van der Waals surface area (Å²) in [5, 5.41) is 0.126. The van der Waals surface area contributed by atoms with Crippen molar-refractivity contribution >= 4 is 27.3 Å². The van der Waals surface area contributed by atoms with Crippen molar-refractivity contribution in [2.24, 2.45) is 0 Å². The van der Waals surface area contributed by atoms with Crippen molar-refractivity contribution in [3.63, 3.8) is 0 Å². The van der Waals surface area contributed by atoms with Gasteiger partial charge in [-0.3, -0.25) is 0 Å². The van der Waals surface area contributed by atoms with Gasteiger partial charge in [-0.1, -0.05) is 36.4 Å². The maximum atomic E-state index is 11.8. The maximum Gasteiger partial charge on any atom is 0.216 e. The van der Waals surface area contributed by atoms with Gasteiger partial charge >= 0.3 is 0 Å². The van der Waals surface area contributed by atoms with Gasteiger partial charge in [0, 0.05) is 36.8 Å². The number of halogens is 1. The van der Waals surface area contributed by atoms with E-state index in [1.165, 1.54) is 11.3 Å². The highest BCUT2D eigenvalue weighted by Gasteiger charge is 2.24. The minimum atomic E-state index is -3.39. The largest absolute Gasteiger partial charge is 0.374 e. The molecule has 0 spiro atoms. The maximum absolute atomic E-state index is 11.8. The molecule has 0 saturated carbocycles. The summed E-state index contributed by atoms with van der Waals surface area (Å²) in [6, 6.07) is 8.11. The van der Waals surface area contributed by atoms with Gasteiger partial charge in [-0.05, 0) is 18.1 Å². The van der Waals surface area contributed by atoms with Gasteiger partial charge in [-0.15, -0.1) is 0 Å². The SMILES string of the molecule is C=C(Cl)CS(=O)(=O)NC[C@H]1CCN(C)c2ccccc21. The molecule has 0 amide bonds. The van der Waals surface area contributed by atoms with Crippen LogP contribution in [0.15, 0.2) is 35.9 Å². The number of rotatable bonds is 5. The molecule has 20 heavy (non-hydrogen) atoms. The van der Waals surface area contributed by atoms with Crippen molar-refractivity contribution in [3.05, 3.63) is 41.4 Å². The van der Waals surface area contributed by atoms with E-state index in [0.717, 1.165) is 13.0 Å². The van der Waals surface area contributed by atoms with Gasteiger partial charge < -0.3 is 4.90 Å². The van der Waals surface area contributed by atoms with Crippen LogP contribution in [0.1, 0.15) is 17.9 Å². The number of sulfonamides is 1. The lowest BCUT2D eigenvalue weighted by Crippen LogP contribution is -2.35. The first-order valence-electron chi connectivity index (χ1n) is 6.50. The minimum absolute atomic E-state index is 0.126. The van der Waals surface area contributed by atoms with Crippen LogP contribution in [-0.4, -0.2) is 34.3 Å². The molecule has 2 rings (SSSR count). The Morgan fingerprint density at radius 2 is 2.20 bits per heavy atom. The molecule has 1 atom stereocenters. The second kappa shape index (κ2) is 6.16. The molecular formula is C14H19ClN2O2S. The number of benzene rings is 1. The average Bonchev–Trinajstić information content (AvgIpc) is 2.37. The molecule has 4 nitrogen and oxygen atoms in total. The minimum Gasteiger partial charge on any atom is -0.374 e. The predicted molar refractivity (Wildman–Crippen MR) is 83.9 cm³/mol. The van der Waals surface area contributed by atoms with Crippen molar-refractivity contribution in [2.75, 3.05) is 30.8 Å². The van der Waals surface area contributed by atoms with Crippen molar-refractivity contribution in [2.45, 2.75) is 12.3 Å². The molecule has 0 saturated heterocycles. The van der Waals surface area contributed by atoms with E-state index in [2.05, 4.69) is 35.4 Å². The fourth-order valence-corrected chi connectivity index (χ4v) is 3.90. The van der Waals surface area contributed by atoms with E-state index in [1.54, 1.807) is 0 Å². The third kappa shape index (κ3) is 3.75. The predicted octanol–water partition coefficient (Wildman–Crippen LogP) is 2.28. The van der Waals surface area contributed by atoms with Gasteiger partial charge in [0.1, 0.15) is 0 Å². The number of para-hydroxylation sites is 1. The standard InChI is InChI=1S/C14H19ClN2O2S/c1-11(15)10-20(18,19)16-9-12-7-8-17(2)14-6-4-3-5-13(12)14/h3-6,12,16H,1,7-10H2,2H3/t12-/m1/s1. The molecule has 1 aromatic rings. The van der Waals surface area contributed by atoms with Crippen molar-refractivity contribution < 1.29 is 8.42 Å². The zero-order chi connectivity index (χ0) is 14.8. The van der Waals surface area contributed by atoms with Crippen LogP contribution in [0.3, 0.4) is 0 Å². The van der Waals surface area contributed by atoms with Gasteiger partial charge in [-0.25, -0.2) is 13.1 Å². The van der Waals surface area contributed by atoms with Gasteiger partial charge in [0.2, 0.25) is 10.0 Å². The van der Waals surface area contributed by atoms with Gasteiger partial charge in [0.05, 0.1) is 5.75 Å². The molecule has 1 aromatic carbocycles. The molecule has 1 aliphatic heterocycles. The van der Waals surface area contributed by atoms with Crippen LogP contribution >= 0.6 is 11.6 Å².